The third kappa shape index (κ3) is 3.73. The monoisotopic (exact) mass is 328 g/mol. The molecule has 3 heterocycles. The Kier molecular flexibility index (Phi) is 5.10. The second-order valence-electron chi connectivity index (χ2n) is 6.20. The van der Waals surface area contributed by atoms with E-state index in [1.54, 1.807) is 6.33 Å². The quantitative estimate of drug-likeness (QED) is 0.832. The molecular formula is C17H24N6O. The Balaban J connectivity index is 1.68. The first-order chi connectivity index (χ1) is 11.7. The second-order valence-corrected chi connectivity index (χ2v) is 6.20. The van der Waals surface area contributed by atoms with Crippen molar-refractivity contribution in [2.45, 2.75) is 25.4 Å². The van der Waals surface area contributed by atoms with Gasteiger partial charge in [-0.1, -0.05) is 0 Å². The van der Waals surface area contributed by atoms with Crippen LogP contribution in [0.5, 0.6) is 0 Å². The summed E-state index contributed by atoms with van der Waals surface area (Å²) >= 11 is 0. The fourth-order valence-electron chi connectivity index (χ4n) is 2.94. The van der Waals surface area contributed by atoms with Crippen molar-refractivity contribution in [1.82, 2.24) is 15.0 Å². The lowest BCUT2D eigenvalue weighted by Gasteiger charge is -2.24. The van der Waals surface area contributed by atoms with E-state index in [1.165, 1.54) is 0 Å². The Morgan fingerprint density at radius 1 is 1.29 bits per heavy atom. The normalized spacial score (nSPS) is 17.1. The summed E-state index contributed by atoms with van der Waals surface area (Å²) in [6.45, 7) is 1.76. The Morgan fingerprint density at radius 3 is 2.96 bits per heavy atom. The summed E-state index contributed by atoms with van der Waals surface area (Å²) in [5.41, 5.74) is 1.14. The van der Waals surface area contributed by atoms with Gasteiger partial charge in [-0.15, -0.1) is 0 Å². The maximum absolute atomic E-state index is 9.48. The molecule has 7 nitrogen and oxygen atoms in total. The van der Waals surface area contributed by atoms with Gasteiger partial charge in [-0.05, 0) is 30.5 Å². The third-order valence-electron chi connectivity index (χ3n) is 4.28. The number of pyridine rings is 1. The number of aliphatic hydroxyl groups excluding tert-OH is 1. The Bertz CT molecular complexity index is 678. The van der Waals surface area contributed by atoms with Gasteiger partial charge in [0.05, 0.1) is 12.6 Å². The van der Waals surface area contributed by atoms with E-state index in [-0.39, 0.29) is 12.6 Å². The molecule has 0 aromatic carbocycles. The summed E-state index contributed by atoms with van der Waals surface area (Å²) < 4.78 is 0. The van der Waals surface area contributed by atoms with Gasteiger partial charge in [0.2, 0.25) is 0 Å². The summed E-state index contributed by atoms with van der Waals surface area (Å²) in [6.07, 6.45) is 5.48. The highest BCUT2D eigenvalue weighted by molar-refractivity contribution is 5.50. The Labute approximate surface area is 142 Å². The van der Waals surface area contributed by atoms with Crippen LogP contribution in [-0.2, 0) is 6.54 Å². The summed E-state index contributed by atoms with van der Waals surface area (Å²) in [6, 6.07) is 6.15. The van der Waals surface area contributed by atoms with Crippen LogP contribution in [0.4, 0.5) is 17.5 Å². The van der Waals surface area contributed by atoms with Crippen LogP contribution in [-0.4, -0.2) is 53.3 Å². The molecule has 0 aliphatic carbocycles. The molecule has 2 N–H and O–H groups in total. The first kappa shape index (κ1) is 16.4. The van der Waals surface area contributed by atoms with Crippen LogP contribution in [0, 0.1) is 0 Å². The van der Waals surface area contributed by atoms with Crippen molar-refractivity contribution in [2.75, 3.05) is 42.4 Å². The first-order valence-corrected chi connectivity index (χ1v) is 8.23. The van der Waals surface area contributed by atoms with Crippen molar-refractivity contribution < 1.29 is 5.11 Å². The van der Waals surface area contributed by atoms with E-state index in [1.807, 2.05) is 37.3 Å². The molecule has 3 rings (SSSR count). The predicted octanol–water partition coefficient (Wildman–Crippen LogP) is 1.51. The van der Waals surface area contributed by atoms with Crippen molar-refractivity contribution in [2.24, 2.45) is 0 Å². The molecule has 0 saturated carbocycles. The van der Waals surface area contributed by atoms with Crippen molar-refractivity contribution in [3.63, 3.8) is 0 Å². The summed E-state index contributed by atoms with van der Waals surface area (Å²) in [7, 11) is 3.95. The minimum atomic E-state index is 0.163. The van der Waals surface area contributed by atoms with Crippen LogP contribution in [0.3, 0.4) is 0 Å². The van der Waals surface area contributed by atoms with Crippen LogP contribution < -0.4 is 15.1 Å². The molecule has 0 bridgehead atoms. The number of nitrogens with zero attached hydrogens (tertiary/aromatic N) is 5. The SMILES string of the molecule is CN(C)c1cc(CNc2cc(N3CCCC3CO)ncn2)ccn1. The molecule has 2 aromatic heterocycles. The largest absolute Gasteiger partial charge is 0.394 e. The zero-order valence-electron chi connectivity index (χ0n) is 14.2. The molecule has 0 spiro atoms. The van der Waals surface area contributed by atoms with E-state index in [0.717, 1.165) is 42.4 Å². The molecule has 0 radical (unpaired) electrons. The molecule has 24 heavy (non-hydrogen) atoms. The van der Waals surface area contributed by atoms with Gasteiger partial charge in [-0.25, -0.2) is 15.0 Å². The first-order valence-electron chi connectivity index (χ1n) is 8.23. The average Bonchev–Trinajstić information content (AvgIpc) is 3.09. The van der Waals surface area contributed by atoms with Crippen LogP contribution in [0.1, 0.15) is 18.4 Å². The number of nitrogens with one attached hydrogen (secondary N) is 1. The highest BCUT2D eigenvalue weighted by Gasteiger charge is 2.25. The highest BCUT2D eigenvalue weighted by atomic mass is 16.3. The van der Waals surface area contributed by atoms with E-state index in [9.17, 15) is 5.11 Å². The van der Waals surface area contributed by atoms with Crippen LogP contribution in [0.25, 0.3) is 0 Å². The standard InChI is InChI=1S/C17H24N6O/c1-22(2)16-8-13(5-6-18-16)10-19-15-9-17(21-12-20-15)23-7-3-4-14(23)11-24/h5-6,8-9,12,14,24H,3-4,7,10-11H2,1-2H3,(H,19,20,21). The topological polar surface area (TPSA) is 77.4 Å². The highest BCUT2D eigenvalue weighted by Crippen LogP contribution is 2.24. The number of aromatic nitrogens is 3. The molecule has 128 valence electrons. The van der Waals surface area contributed by atoms with Gasteiger partial charge in [0.25, 0.3) is 0 Å². The van der Waals surface area contributed by atoms with Gasteiger partial charge in [-0.3, -0.25) is 0 Å². The average molecular weight is 328 g/mol. The number of aliphatic hydroxyl groups is 1. The van der Waals surface area contributed by atoms with Crippen LogP contribution >= 0.6 is 0 Å². The number of anilines is 3. The Hall–Kier alpha value is -2.41. The number of hydrogen-bond donors (Lipinski definition) is 2. The summed E-state index contributed by atoms with van der Waals surface area (Å²) in [4.78, 5) is 17.1. The summed E-state index contributed by atoms with van der Waals surface area (Å²) in [5.74, 6) is 2.58. The predicted molar refractivity (Wildman–Crippen MR) is 95.4 cm³/mol. The second kappa shape index (κ2) is 7.44. The van der Waals surface area contributed by atoms with E-state index < -0.39 is 0 Å². The lowest BCUT2D eigenvalue weighted by molar-refractivity contribution is 0.266. The molecule has 1 atom stereocenters. The van der Waals surface area contributed by atoms with Crippen molar-refractivity contribution >= 4 is 17.5 Å². The summed E-state index contributed by atoms with van der Waals surface area (Å²) in [5, 5.41) is 12.8. The van der Waals surface area contributed by atoms with Gasteiger partial charge in [0, 0.05) is 39.4 Å². The molecule has 0 amide bonds. The van der Waals surface area contributed by atoms with Crippen molar-refractivity contribution in [3.05, 3.63) is 36.3 Å². The van der Waals surface area contributed by atoms with Gasteiger partial charge in [-0.2, -0.15) is 0 Å². The minimum Gasteiger partial charge on any atom is -0.394 e. The fraction of sp³-hybridized carbons (Fsp3) is 0.471. The maximum atomic E-state index is 9.48. The van der Waals surface area contributed by atoms with Crippen molar-refractivity contribution in [3.8, 4) is 0 Å². The van der Waals surface area contributed by atoms with Crippen LogP contribution in [0.2, 0.25) is 0 Å². The number of rotatable bonds is 6. The molecule has 1 saturated heterocycles. The van der Waals surface area contributed by atoms with Gasteiger partial charge in [0.15, 0.2) is 0 Å². The molecule has 1 aliphatic rings. The van der Waals surface area contributed by atoms with Crippen LogP contribution in [0.15, 0.2) is 30.7 Å². The molecule has 7 heteroatoms. The van der Waals surface area contributed by atoms with E-state index in [0.29, 0.717) is 6.54 Å². The smallest absolute Gasteiger partial charge is 0.134 e. The fourth-order valence-corrected chi connectivity index (χ4v) is 2.94. The third-order valence-corrected chi connectivity index (χ3v) is 4.28. The number of hydrogen-bond acceptors (Lipinski definition) is 7. The molecular weight excluding hydrogens is 304 g/mol. The zero-order chi connectivity index (χ0) is 16.9. The van der Waals surface area contributed by atoms with E-state index >= 15 is 0 Å². The zero-order valence-corrected chi connectivity index (χ0v) is 14.2. The maximum Gasteiger partial charge on any atom is 0.134 e. The van der Waals surface area contributed by atoms with Gasteiger partial charge in [0.1, 0.15) is 23.8 Å². The van der Waals surface area contributed by atoms with Gasteiger partial charge >= 0.3 is 0 Å². The molecule has 2 aromatic rings. The van der Waals surface area contributed by atoms with E-state index in [2.05, 4.69) is 31.2 Å². The van der Waals surface area contributed by atoms with Crippen molar-refractivity contribution in [1.29, 1.82) is 0 Å². The Morgan fingerprint density at radius 2 is 2.17 bits per heavy atom. The van der Waals surface area contributed by atoms with Gasteiger partial charge < -0.3 is 20.2 Å². The lowest BCUT2D eigenvalue weighted by Crippen LogP contribution is -2.32. The lowest BCUT2D eigenvalue weighted by atomic mass is 10.2. The molecule has 1 unspecified atom stereocenters. The minimum absolute atomic E-state index is 0.163. The molecule has 1 aliphatic heterocycles. The molecule has 1 fully saturated rings. The van der Waals surface area contributed by atoms with E-state index in [4.69, 9.17) is 0 Å².